The molecule has 0 aliphatic carbocycles. The van der Waals surface area contributed by atoms with E-state index < -0.39 is 24.4 Å². The normalized spacial score (nSPS) is 8.10. The average molecular weight is 369 g/mol. The molecule has 0 aromatic heterocycles. The van der Waals surface area contributed by atoms with Crippen LogP contribution in [0.1, 0.15) is 55.4 Å². The Morgan fingerprint density at radius 1 is 0.550 bits per heavy atom. The van der Waals surface area contributed by atoms with Crippen LogP contribution >= 0.6 is 23.2 Å². The van der Waals surface area contributed by atoms with E-state index in [1.807, 2.05) is 0 Å². The van der Waals surface area contributed by atoms with E-state index in [9.17, 15) is 20.4 Å². The van der Waals surface area contributed by atoms with Gasteiger partial charge in [0.05, 0.1) is 5.34 Å². The first-order chi connectivity index (χ1) is 8.34. The Bertz CT molecular complexity index is 81.5. The van der Waals surface area contributed by atoms with E-state index in [2.05, 4.69) is 0 Å². The molecular weight excluding hydrogens is 339 g/mol. The molecule has 124 valence electrons. The van der Waals surface area contributed by atoms with Crippen molar-refractivity contribution in [1.82, 2.24) is 0 Å². The van der Waals surface area contributed by atoms with E-state index in [1.165, 1.54) is 0 Å². The molecule has 7 heteroatoms. The molecule has 0 atom stereocenters. The first-order valence-electron chi connectivity index (χ1n) is 6.10. The van der Waals surface area contributed by atoms with Crippen molar-refractivity contribution in [2.45, 2.75) is 79.8 Å². The van der Waals surface area contributed by atoms with Crippen molar-refractivity contribution in [3.63, 3.8) is 0 Å². The van der Waals surface area contributed by atoms with Crippen LogP contribution < -0.4 is 20.4 Å². The molecule has 4 nitrogen and oxygen atoms in total. The molecule has 0 spiro atoms. The second kappa shape index (κ2) is 36.9. The maximum Gasteiger partial charge on any atom is 4.00 e. The van der Waals surface area contributed by atoms with Gasteiger partial charge in [0.15, 0.2) is 0 Å². The van der Waals surface area contributed by atoms with Crippen molar-refractivity contribution in [3.05, 3.63) is 0 Å². The van der Waals surface area contributed by atoms with Crippen molar-refractivity contribution in [1.29, 1.82) is 0 Å². The molecule has 0 N–H and O–H groups in total. The van der Waals surface area contributed by atoms with Gasteiger partial charge >= 0.3 is 21.7 Å². The zero-order valence-electron chi connectivity index (χ0n) is 13.9. The molecular formula is C13H30Cl2O4Ti. The number of hydrogen-bond acceptors (Lipinski definition) is 4. The summed E-state index contributed by atoms with van der Waals surface area (Å²) in [6.45, 7) is 12.9. The van der Waals surface area contributed by atoms with Gasteiger partial charge in [-0.1, -0.05) is 55.4 Å². The van der Waals surface area contributed by atoms with Crippen molar-refractivity contribution in [2.24, 2.45) is 0 Å². The molecule has 20 heavy (non-hydrogen) atoms. The van der Waals surface area contributed by atoms with Gasteiger partial charge in [0.25, 0.3) is 0 Å². The van der Waals surface area contributed by atoms with Gasteiger partial charge in [0.1, 0.15) is 0 Å². The molecule has 0 unspecified atom stereocenters. The second-order valence-electron chi connectivity index (χ2n) is 4.30. The van der Waals surface area contributed by atoms with Crippen LogP contribution in [-0.2, 0) is 21.7 Å². The predicted molar refractivity (Wildman–Crippen MR) is 77.1 cm³/mol. The van der Waals surface area contributed by atoms with Crippen molar-refractivity contribution < 1.29 is 42.1 Å². The first kappa shape index (κ1) is 37.4. The minimum atomic E-state index is -0.417. The standard InChI is InChI=1S/4C3H7O.CH2Cl2.Ti/c4*1-3(2)4;2-1-3;/h4*3H,1-2H3;1H2;/q4*-1;;+4. The number of hydrogen-bond donors (Lipinski definition) is 0. The van der Waals surface area contributed by atoms with Crippen LogP contribution in [0.5, 0.6) is 0 Å². The Balaban J connectivity index is -0.0000000304. The van der Waals surface area contributed by atoms with Crippen molar-refractivity contribution in [3.8, 4) is 0 Å². The molecule has 0 heterocycles. The molecule has 0 fully saturated rings. The summed E-state index contributed by atoms with van der Waals surface area (Å²) in [5.41, 5.74) is 0. The Morgan fingerprint density at radius 2 is 0.550 bits per heavy atom. The van der Waals surface area contributed by atoms with E-state index in [-0.39, 0.29) is 27.1 Å². The summed E-state index contributed by atoms with van der Waals surface area (Å²) in [6.07, 6.45) is -1.67. The number of rotatable bonds is 0. The van der Waals surface area contributed by atoms with Crippen molar-refractivity contribution in [2.75, 3.05) is 5.34 Å². The number of alkyl halides is 2. The second-order valence-corrected chi connectivity index (χ2v) is 5.10. The quantitative estimate of drug-likeness (QED) is 0.458. The minimum absolute atomic E-state index is 0. The Labute approximate surface area is 150 Å². The fourth-order valence-electron chi connectivity index (χ4n) is 0. The van der Waals surface area contributed by atoms with E-state index in [0.29, 0.717) is 0 Å². The van der Waals surface area contributed by atoms with Crippen LogP contribution in [-0.4, -0.2) is 29.8 Å². The maximum absolute atomic E-state index is 9.53. The zero-order chi connectivity index (χ0) is 17.0. The zero-order valence-corrected chi connectivity index (χ0v) is 17.0. The van der Waals surface area contributed by atoms with Crippen LogP contribution in [0.25, 0.3) is 0 Å². The third-order valence-electron chi connectivity index (χ3n) is 0. The van der Waals surface area contributed by atoms with E-state index >= 15 is 0 Å². The molecule has 0 amide bonds. The molecule has 0 aromatic rings. The van der Waals surface area contributed by atoms with Gasteiger partial charge in [-0.05, 0) is 0 Å². The van der Waals surface area contributed by atoms with Gasteiger partial charge in [-0.3, -0.25) is 0 Å². The molecule has 0 aliphatic heterocycles. The summed E-state index contributed by atoms with van der Waals surface area (Å²) in [7, 11) is 0. The summed E-state index contributed by atoms with van der Waals surface area (Å²) >= 11 is 9.53. The molecule has 0 saturated heterocycles. The first-order valence-corrected chi connectivity index (χ1v) is 7.17. The van der Waals surface area contributed by atoms with E-state index in [1.54, 1.807) is 55.4 Å². The average Bonchev–Trinajstić information content (AvgIpc) is 1.97. The molecule has 0 bridgehead atoms. The summed E-state index contributed by atoms with van der Waals surface area (Å²) in [6, 6.07) is 0. The van der Waals surface area contributed by atoms with E-state index in [0.717, 1.165) is 0 Å². The SMILES string of the molecule is CC(C)[O-].CC(C)[O-].CC(C)[O-].CC(C)[O-].ClCCl.[Ti+4]. The summed E-state index contributed by atoms with van der Waals surface area (Å²) in [5, 5.41) is 38.3. The van der Waals surface area contributed by atoms with Crippen LogP contribution in [0.4, 0.5) is 0 Å². The van der Waals surface area contributed by atoms with Gasteiger partial charge in [-0.25, -0.2) is 0 Å². The van der Waals surface area contributed by atoms with Gasteiger partial charge in [-0.15, -0.1) is 47.6 Å². The van der Waals surface area contributed by atoms with Crippen LogP contribution in [0.2, 0.25) is 0 Å². The number of halogens is 2. The Hall–Kier alpha value is 1.13. The minimum Gasteiger partial charge on any atom is -0.852 e. The summed E-state index contributed by atoms with van der Waals surface area (Å²) < 4.78 is 0. The van der Waals surface area contributed by atoms with Crippen LogP contribution in [0.15, 0.2) is 0 Å². The fraction of sp³-hybridized carbons (Fsp3) is 1.00. The van der Waals surface area contributed by atoms with Gasteiger partial charge in [0, 0.05) is 0 Å². The van der Waals surface area contributed by atoms with Crippen LogP contribution in [0, 0.1) is 0 Å². The smallest absolute Gasteiger partial charge is 0.852 e. The third kappa shape index (κ3) is 4890. The van der Waals surface area contributed by atoms with E-state index in [4.69, 9.17) is 23.2 Å². The summed E-state index contributed by atoms with van der Waals surface area (Å²) in [4.78, 5) is 0. The van der Waals surface area contributed by atoms with Gasteiger partial charge in [0.2, 0.25) is 0 Å². The maximum atomic E-state index is 9.53. The third-order valence-corrected chi connectivity index (χ3v) is 0. The Morgan fingerprint density at radius 3 is 0.550 bits per heavy atom. The molecule has 0 rings (SSSR count). The van der Waals surface area contributed by atoms with Gasteiger partial charge < -0.3 is 20.4 Å². The molecule has 0 aromatic carbocycles. The Kier molecular flexibility index (Phi) is 69.0. The van der Waals surface area contributed by atoms with Gasteiger partial charge in [-0.2, -0.15) is 0 Å². The molecule has 0 radical (unpaired) electrons. The van der Waals surface area contributed by atoms with Crippen molar-refractivity contribution >= 4 is 23.2 Å². The topological polar surface area (TPSA) is 92.2 Å². The summed E-state index contributed by atoms with van der Waals surface area (Å²) in [5.74, 6) is 0. The molecule has 0 saturated carbocycles. The monoisotopic (exact) mass is 368 g/mol. The largest absolute Gasteiger partial charge is 4.00 e. The predicted octanol–water partition coefficient (Wildman–Crippen LogP) is 0.439. The molecule has 0 aliphatic rings. The van der Waals surface area contributed by atoms with Crippen LogP contribution in [0.3, 0.4) is 0 Å². The fourth-order valence-corrected chi connectivity index (χ4v) is 0.